The van der Waals surface area contributed by atoms with E-state index in [9.17, 15) is 24.3 Å². The van der Waals surface area contributed by atoms with Gasteiger partial charge in [0, 0.05) is 36.8 Å². The molecule has 0 aliphatic carbocycles. The highest BCUT2D eigenvalue weighted by Crippen LogP contribution is 2.44. The predicted octanol–water partition coefficient (Wildman–Crippen LogP) is 2.32. The minimum absolute atomic E-state index is 0.0384. The Morgan fingerprint density at radius 3 is 2.56 bits per heavy atom. The number of amides is 3. The van der Waals surface area contributed by atoms with Crippen LogP contribution in [-0.4, -0.2) is 74.9 Å². The van der Waals surface area contributed by atoms with Gasteiger partial charge >= 0.3 is 5.97 Å². The van der Waals surface area contributed by atoms with Gasteiger partial charge in [0.1, 0.15) is 24.7 Å². The van der Waals surface area contributed by atoms with Crippen LogP contribution < -0.4 is 16.1 Å². The van der Waals surface area contributed by atoms with Gasteiger partial charge in [0.2, 0.25) is 11.8 Å². The Morgan fingerprint density at radius 1 is 1.12 bits per heavy atom. The van der Waals surface area contributed by atoms with E-state index in [1.165, 1.54) is 5.01 Å². The molecule has 1 saturated heterocycles. The van der Waals surface area contributed by atoms with Crippen molar-refractivity contribution in [2.75, 3.05) is 13.2 Å². The molecule has 1 aromatic carbocycles. The van der Waals surface area contributed by atoms with Crippen molar-refractivity contribution in [3.8, 4) is 11.1 Å². The number of aryl methyl sites for hydroxylation is 1. The van der Waals surface area contributed by atoms with Gasteiger partial charge in [-0.05, 0) is 43.7 Å². The summed E-state index contributed by atoms with van der Waals surface area (Å²) in [7, 11) is 0. The number of aliphatic hydroxyl groups excluding tert-OH is 1. The van der Waals surface area contributed by atoms with Crippen LogP contribution in [0, 0.1) is 5.92 Å². The molecule has 2 aliphatic heterocycles. The second-order valence-corrected chi connectivity index (χ2v) is 12.8. The zero-order chi connectivity index (χ0) is 31.5. The average molecular weight is 638 g/mol. The highest BCUT2D eigenvalue weighted by Gasteiger charge is 2.38. The van der Waals surface area contributed by atoms with E-state index in [2.05, 4.69) is 21.2 Å². The van der Waals surface area contributed by atoms with Gasteiger partial charge in [-0.15, -0.1) is 0 Å². The molecule has 4 atom stereocenters. The van der Waals surface area contributed by atoms with Crippen molar-refractivity contribution in [2.24, 2.45) is 5.92 Å². The number of ether oxygens (including phenoxy) is 1. The molecule has 12 nitrogen and oxygen atoms in total. The maximum absolute atomic E-state index is 13.2. The van der Waals surface area contributed by atoms with Crippen molar-refractivity contribution >= 4 is 46.9 Å². The van der Waals surface area contributed by atoms with Crippen molar-refractivity contribution in [1.82, 2.24) is 30.8 Å². The molecule has 0 radical (unpaired) electrons. The number of aromatic nitrogens is 2. The van der Waals surface area contributed by atoms with Gasteiger partial charge in [-0.2, -0.15) is 5.10 Å². The Bertz CT molecular complexity index is 1360. The lowest BCUT2D eigenvalue weighted by Gasteiger charge is -2.35. The third-order valence-electron chi connectivity index (χ3n) is 7.55. The summed E-state index contributed by atoms with van der Waals surface area (Å²) >= 11 is 13.7. The van der Waals surface area contributed by atoms with Gasteiger partial charge < -0.3 is 20.5 Å². The number of carbonyl (C=O) groups is 4. The number of nitrogens with one attached hydrogen (secondary N) is 3. The fourth-order valence-electron chi connectivity index (χ4n) is 5.24. The number of benzene rings is 1. The molecule has 234 valence electrons. The van der Waals surface area contributed by atoms with E-state index in [1.54, 1.807) is 63.0 Å². The summed E-state index contributed by atoms with van der Waals surface area (Å²) < 4.78 is 5.40. The molecular weight excluding hydrogens is 599 g/mol. The Labute approximate surface area is 260 Å². The molecule has 14 heteroatoms. The lowest BCUT2D eigenvalue weighted by molar-refractivity contribution is -0.153. The van der Waals surface area contributed by atoms with Crippen molar-refractivity contribution < 1.29 is 29.0 Å². The molecule has 4 unspecified atom stereocenters. The monoisotopic (exact) mass is 636 g/mol. The van der Waals surface area contributed by atoms with Crippen molar-refractivity contribution in [2.45, 2.75) is 82.1 Å². The third kappa shape index (κ3) is 7.67. The Morgan fingerprint density at radius 2 is 1.86 bits per heavy atom. The zero-order valence-electron chi connectivity index (χ0n) is 24.6. The standard InChI is InChI=1S/C29H38Cl2N6O6/c1-16(2)25-26(40)33-17(3)27(41)37-11-6-9-22(35-37)28(42)43-15-29(30,31)24-20(18(4)38)7-5-8-21(24)19-13-32-36(14-19)12-10-23(39)34-25/h5,7-8,13-14,16-18,22,25,35,38H,6,9-12,15H2,1-4H3,(H,33,40)(H,34,39). The molecule has 2 aliphatic rings. The zero-order valence-corrected chi connectivity index (χ0v) is 26.1. The highest BCUT2D eigenvalue weighted by molar-refractivity contribution is 6.48. The predicted molar refractivity (Wildman–Crippen MR) is 160 cm³/mol. The Hall–Kier alpha value is -3.19. The quantitative estimate of drug-likeness (QED) is 0.289. The number of halogens is 2. The fourth-order valence-corrected chi connectivity index (χ4v) is 5.77. The number of fused-ring (bicyclic) bond motifs is 6. The van der Waals surface area contributed by atoms with Crippen molar-refractivity contribution in [3.05, 3.63) is 41.7 Å². The van der Waals surface area contributed by atoms with E-state index in [0.29, 0.717) is 41.6 Å². The van der Waals surface area contributed by atoms with E-state index in [-0.39, 0.29) is 24.8 Å². The minimum Gasteiger partial charge on any atom is -0.461 e. The second-order valence-electron chi connectivity index (χ2n) is 11.3. The molecule has 4 N–H and O–H groups in total. The molecule has 2 aromatic rings. The summed E-state index contributed by atoms with van der Waals surface area (Å²) in [6.07, 6.45) is 3.32. The molecular formula is C29H38Cl2N6O6. The molecule has 43 heavy (non-hydrogen) atoms. The van der Waals surface area contributed by atoms with Crippen LogP contribution in [0.5, 0.6) is 0 Å². The van der Waals surface area contributed by atoms with E-state index in [1.807, 2.05) is 0 Å². The molecule has 0 saturated carbocycles. The number of cyclic esters (lactones) is 1. The van der Waals surface area contributed by atoms with Crippen LogP contribution in [0.4, 0.5) is 0 Å². The van der Waals surface area contributed by atoms with E-state index in [4.69, 9.17) is 27.9 Å². The Kier molecular flexibility index (Phi) is 10.4. The number of carbonyl (C=O) groups excluding carboxylic acids is 4. The summed E-state index contributed by atoms with van der Waals surface area (Å²) in [6.45, 7) is 6.82. The van der Waals surface area contributed by atoms with E-state index in [0.717, 1.165) is 0 Å². The first kappa shape index (κ1) is 32.7. The number of hydrogen-bond acceptors (Lipinski definition) is 8. The second kappa shape index (κ2) is 13.6. The summed E-state index contributed by atoms with van der Waals surface area (Å²) in [5.41, 5.74) is 4.89. The molecule has 3 heterocycles. The number of hydrogen-bond donors (Lipinski definition) is 4. The first-order valence-electron chi connectivity index (χ1n) is 14.3. The van der Waals surface area contributed by atoms with E-state index >= 15 is 0 Å². The van der Waals surface area contributed by atoms with Gasteiger partial charge in [-0.25, -0.2) is 5.43 Å². The summed E-state index contributed by atoms with van der Waals surface area (Å²) in [5.74, 6) is -2.20. The maximum Gasteiger partial charge on any atom is 0.325 e. The number of alkyl halides is 2. The highest BCUT2D eigenvalue weighted by atomic mass is 35.5. The SMILES string of the molecule is CC1NC(=O)C(C(C)C)NC(=O)CCn2cc(cn2)-c2cccc(C(C)O)c2C(Cl)(Cl)COC(=O)C2CCCN(N2)C1=O. The summed E-state index contributed by atoms with van der Waals surface area (Å²) in [5, 5.41) is 21.7. The molecule has 3 amide bonds. The van der Waals surface area contributed by atoms with Crippen LogP contribution in [0.25, 0.3) is 11.1 Å². The summed E-state index contributed by atoms with van der Waals surface area (Å²) in [4.78, 5) is 52.3. The molecule has 4 rings (SSSR count). The minimum atomic E-state index is -1.76. The van der Waals surface area contributed by atoms with Gasteiger partial charge in [-0.3, -0.25) is 28.9 Å². The molecule has 1 fully saturated rings. The van der Waals surface area contributed by atoms with Crippen LogP contribution in [-0.2, 0) is 34.8 Å². The number of rotatable bonds is 2. The number of hydrazine groups is 1. The fraction of sp³-hybridized carbons (Fsp3) is 0.552. The average Bonchev–Trinajstić information content (AvgIpc) is 3.45. The van der Waals surface area contributed by atoms with Gasteiger partial charge in [0.15, 0.2) is 4.33 Å². The third-order valence-corrected chi connectivity index (χ3v) is 8.15. The van der Waals surface area contributed by atoms with Gasteiger partial charge in [-0.1, -0.05) is 55.2 Å². The topological polar surface area (TPSA) is 155 Å². The van der Waals surface area contributed by atoms with Crippen molar-refractivity contribution in [1.29, 1.82) is 0 Å². The lowest BCUT2D eigenvalue weighted by atomic mass is 9.92. The molecule has 1 aromatic heterocycles. The number of esters is 1. The maximum atomic E-state index is 13.2. The van der Waals surface area contributed by atoms with Crippen LogP contribution in [0.1, 0.15) is 64.2 Å². The van der Waals surface area contributed by atoms with Crippen LogP contribution >= 0.6 is 23.2 Å². The van der Waals surface area contributed by atoms with E-state index < -0.39 is 53.0 Å². The number of aliphatic hydroxyl groups is 1. The smallest absolute Gasteiger partial charge is 0.325 e. The van der Waals surface area contributed by atoms with Crippen molar-refractivity contribution in [3.63, 3.8) is 0 Å². The first-order chi connectivity index (χ1) is 20.3. The van der Waals surface area contributed by atoms with Crippen LogP contribution in [0.15, 0.2) is 30.6 Å². The van der Waals surface area contributed by atoms with Crippen LogP contribution in [0.3, 0.4) is 0 Å². The lowest BCUT2D eigenvalue weighted by Crippen LogP contribution is -2.61. The van der Waals surface area contributed by atoms with Crippen LogP contribution in [0.2, 0.25) is 0 Å². The largest absolute Gasteiger partial charge is 0.461 e. The summed E-state index contributed by atoms with van der Waals surface area (Å²) in [6, 6.07) is 2.55. The Balaban J connectivity index is 1.70. The normalized spacial score (nSPS) is 24.7. The van der Waals surface area contributed by atoms with Gasteiger partial charge in [0.05, 0.1) is 12.3 Å². The van der Waals surface area contributed by atoms with Gasteiger partial charge in [0.25, 0.3) is 5.91 Å². The number of nitrogens with zero attached hydrogens (tertiary/aromatic N) is 3. The molecule has 0 spiro atoms. The first-order valence-corrected chi connectivity index (χ1v) is 15.1. The molecule has 4 bridgehead atoms.